The van der Waals surface area contributed by atoms with Gasteiger partial charge in [-0.3, -0.25) is 0 Å². The van der Waals surface area contributed by atoms with Gasteiger partial charge < -0.3 is 4.42 Å². The van der Waals surface area contributed by atoms with Crippen molar-refractivity contribution in [1.82, 2.24) is 10.2 Å². The molecule has 0 bridgehead atoms. The molecule has 0 saturated carbocycles. The summed E-state index contributed by atoms with van der Waals surface area (Å²) in [7, 11) is 0. The molecular weight excluding hydrogens is 216 g/mol. The van der Waals surface area contributed by atoms with Crippen LogP contribution in [0.2, 0.25) is 5.02 Å². The van der Waals surface area contributed by atoms with Crippen molar-refractivity contribution in [3.63, 3.8) is 0 Å². The summed E-state index contributed by atoms with van der Waals surface area (Å²) >= 11 is 12.0. The molecule has 0 unspecified atom stereocenters. The molecule has 2 aromatic heterocycles. The van der Waals surface area contributed by atoms with Gasteiger partial charge in [-0.05, 0) is 23.7 Å². The third kappa shape index (κ3) is 1.31. The molecular formula is C6H3ClN2OS2. The number of halogens is 1. The van der Waals surface area contributed by atoms with Crippen LogP contribution in [-0.2, 0) is 0 Å². The molecule has 2 heterocycles. The van der Waals surface area contributed by atoms with Crippen LogP contribution in [0.15, 0.2) is 15.9 Å². The maximum Gasteiger partial charge on any atom is 0.284 e. The summed E-state index contributed by atoms with van der Waals surface area (Å²) in [6.07, 6.45) is 0. The van der Waals surface area contributed by atoms with E-state index in [0.717, 1.165) is 4.88 Å². The maximum absolute atomic E-state index is 5.85. The predicted molar refractivity (Wildman–Crippen MR) is 50.0 cm³/mol. The Kier molecular flexibility index (Phi) is 2.00. The van der Waals surface area contributed by atoms with E-state index in [0.29, 0.717) is 10.9 Å². The van der Waals surface area contributed by atoms with Crippen molar-refractivity contribution in [3.8, 4) is 10.8 Å². The van der Waals surface area contributed by atoms with Crippen LogP contribution in [0.25, 0.3) is 10.8 Å². The Bertz CT molecular complexity index is 444. The molecule has 1 N–H and O–H groups in total. The molecule has 0 amide bonds. The maximum atomic E-state index is 5.85. The summed E-state index contributed by atoms with van der Waals surface area (Å²) in [5, 5.41) is 8.88. The normalized spacial score (nSPS) is 10.4. The number of aromatic amines is 1. The van der Waals surface area contributed by atoms with Gasteiger partial charge in [0.15, 0.2) is 0 Å². The Balaban J connectivity index is 2.57. The number of H-pyrrole nitrogens is 1. The molecule has 0 radical (unpaired) electrons. The van der Waals surface area contributed by atoms with E-state index in [1.54, 1.807) is 6.07 Å². The van der Waals surface area contributed by atoms with Crippen LogP contribution in [-0.4, -0.2) is 10.2 Å². The first-order valence-electron chi connectivity index (χ1n) is 3.06. The van der Waals surface area contributed by atoms with E-state index in [-0.39, 0.29) is 4.84 Å². The highest BCUT2D eigenvalue weighted by atomic mass is 35.5. The minimum Gasteiger partial charge on any atom is -0.408 e. The molecule has 0 aliphatic carbocycles. The van der Waals surface area contributed by atoms with Crippen LogP contribution in [0.1, 0.15) is 0 Å². The Labute approximate surface area is 82.0 Å². The lowest BCUT2D eigenvalue weighted by atomic mass is 10.5. The van der Waals surface area contributed by atoms with E-state index >= 15 is 0 Å². The van der Waals surface area contributed by atoms with Crippen LogP contribution >= 0.6 is 35.2 Å². The summed E-state index contributed by atoms with van der Waals surface area (Å²) in [4.78, 5) is 1.05. The minimum atomic E-state index is 0.259. The smallest absolute Gasteiger partial charge is 0.284 e. The second kappa shape index (κ2) is 3.01. The zero-order valence-corrected chi connectivity index (χ0v) is 8.09. The van der Waals surface area contributed by atoms with Gasteiger partial charge in [-0.2, -0.15) is 0 Å². The number of hydrogen-bond acceptors (Lipinski definition) is 4. The van der Waals surface area contributed by atoms with Crippen LogP contribution in [0.4, 0.5) is 0 Å². The molecule has 12 heavy (non-hydrogen) atoms. The van der Waals surface area contributed by atoms with Gasteiger partial charge in [0.2, 0.25) is 0 Å². The van der Waals surface area contributed by atoms with Crippen molar-refractivity contribution in [2.45, 2.75) is 0 Å². The topological polar surface area (TPSA) is 41.8 Å². The zero-order valence-electron chi connectivity index (χ0n) is 5.70. The second-order valence-electron chi connectivity index (χ2n) is 2.02. The van der Waals surface area contributed by atoms with Crippen molar-refractivity contribution in [2.75, 3.05) is 0 Å². The largest absolute Gasteiger partial charge is 0.408 e. The summed E-state index contributed by atoms with van der Waals surface area (Å²) in [5.41, 5.74) is 0. The molecule has 2 aromatic rings. The van der Waals surface area contributed by atoms with E-state index < -0.39 is 0 Å². The standard InChI is InChI=1S/C6H3ClN2OS2/c7-3-1-2-12-4(3)5-8-9-6(11)10-5/h1-2H,(H,9,11). The Hall–Kier alpha value is -0.650. The molecule has 0 aliphatic heterocycles. The lowest BCUT2D eigenvalue weighted by molar-refractivity contribution is 0.553. The first-order chi connectivity index (χ1) is 5.77. The molecule has 0 fully saturated rings. The first kappa shape index (κ1) is 7.97. The molecule has 0 atom stereocenters. The van der Waals surface area contributed by atoms with Crippen LogP contribution in [0.5, 0.6) is 0 Å². The number of nitrogens with zero attached hydrogens (tertiary/aromatic N) is 1. The van der Waals surface area contributed by atoms with Crippen molar-refractivity contribution >= 4 is 35.2 Å². The van der Waals surface area contributed by atoms with Gasteiger partial charge in [0.25, 0.3) is 10.7 Å². The summed E-state index contributed by atoms with van der Waals surface area (Å²) < 4.78 is 5.08. The Morgan fingerprint density at radius 2 is 2.50 bits per heavy atom. The summed E-state index contributed by atoms with van der Waals surface area (Å²) in [5.74, 6) is 0.444. The molecule has 3 nitrogen and oxygen atoms in total. The molecule has 6 heteroatoms. The van der Waals surface area contributed by atoms with E-state index in [4.69, 9.17) is 28.2 Å². The quantitative estimate of drug-likeness (QED) is 0.748. The van der Waals surface area contributed by atoms with Crippen molar-refractivity contribution in [3.05, 3.63) is 21.3 Å². The minimum absolute atomic E-state index is 0.259. The SMILES string of the molecule is S=c1[nH]nc(-c2sccc2Cl)o1. The number of nitrogens with one attached hydrogen (secondary N) is 1. The van der Waals surface area contributed by atoms with E-state index in [2.05, 4.69) is 10.2 Å². The number of aromatic nitrogens is 2. The van der Waals surface area contributed by atoms with E-state index in [9.17, 15) is 0 Å². The predicted octanol–water partition coefficient (Wildman–Crippen LogP) is 3.11. The van der Waals surface area contributed by atoms with Gasteiger partial charge in [0.05, 0.1) is 5.02 Å². The summed E-state index contributed by atoms with van der Waals surface area (Å²) in [6.45, 7) is 0. The monoisotopic (exact) mass is 218 g/mol. The van der Waals surface area contributed by atoms with Crippen molar-refractivity contribution in [1.29, 1.82) is 0 Å². The van der Waals surface area contributed by atoms with Gasteiger partial charge in [-0.15, -0.1) is 16.4 Å². The number of thiophene rings is 1. The molecule has 0 spiro atoms. The van der Waals surface area contributed by atoms with Crippen molar-refractivity contribution < 1.29 is 4.42 Å². The van der Waals surface area contributed by atoms with Gasteiger partial charge in [0, 0.05) is 0 Å². The molecule has 0 aliphatic rings. The second-order valence-corrected chi connectivity index (χ2v) is 3.71. The fraction of sp³-hybridized carbons (Fsp3) is 0. The number of hydrogen-bond donors (Lipinski definition) is 1. The lowest BCUT2D eigenvalue weighted by Crippen LogP contribution is -1.71. The lowest BCUT2D eigenvalue weighted by Gasteiger charge is -1.86. The molecule has 62 valence electrons. The van der Waals surface area contributed by atoms with Crippen LogP contribution in [0, 0.1) is 4.84 Å². The zero-order chi connectivity index (χ0) is 8.55. The van der Waals surface area contributed by atoms with E-state index in [1.807, 2.05) is 5.38 Å². The fourth-order valence-electron chi connectivity index (χ4n) is 0.773. The van der Waals surface area contributed by atoms with Gasteiger partial charge >= 0.3 is 0 Å². The molecule has 0 saturated heterocycles. The highest BCUT2D eigenvalue weighted by molar-refractivity contribution is 7.71. The van der Waals surface area contributed by atoms with Crippen LogP contribution in [0.3, 0.4) is 0 Å². The average molecular weight is 219 g/mol. The third-order valence-corrected chi connectivity index (χ3v) is 2.75. The molecule has 0 aromatic carbocycles. The third-order valence-electron chi connectivity index (χ3n) is 1.25. The van der Waals surface area contributed by atoms with E-state index in [1.165, 1.54) is 11.3 Å². The van der Waals surface area contributed by atoms with Crippen molar-refractivity contribution in [2.24, 2.45) is 0 Å². The molecule has 2 rings (SSSR count). The Morgan fingerprint density at radius 1 is 1.67 bits per heavy atom. The highest BCUT2D eigenvalue weighted by Crippen LogP contribution is 2.31. The summed E-state index contributed by atoms with van der Waals surface area (Å²) in [6, 6.07) is 1.79. The average Bonchev–Trinajstić information content (AvgIpc) is 2.58. The number of rotatable bonds is 1. The van der Waals surface area contributed by atoms with Gasteiger partial charge in [-0.25, -0.2) is 5.10 Å². The van der Waals surface area contributed by atoms with Gasteiger partial charge in [-0.1, -0.05) is 11.6 Å². The Morgan fingerprint density at radius 3 is 3.00 bits per heavy atom. The van der Waals surface area contributed by atoms with Gasteiger partial charge in [0.1, 0.15) is 4.88 Å². The first-order valence-corrected chi connectivity index (χ1v) is 4.73. The highest BCUT2D eigenvalue weighted by Gasteiger charge is 2.09. The fourth-order valence-corrected chi connectivity index (χ4v) is 1.96. The van der Waals surface area contributed by atoms with Crippen LogP contribution < -0.4 is 0 Å².